The first-order chi connectivity index (χ1) is 20.0. The zero-order valence-electron chi connectivity index (χ0n) is 25.5. The molecule has 42 heavy (non-hydrogen) atoms. The molecule has 0 saturated heterocycles. The monoisotopic (exact) mass is 605 g/mol. The van der Waals surface area contributed by atoms with Crippen LogP contribution in [0.25, 0.3) is 0 Å². The van der Waals surface area contributed by atoms with Crippen LogP contribution in [0.4, 0.5) is 5.69 Å². The number of aryl methyl sites for hydroxylation is 1. The van der Waals surface area contributed by atoms with Gasteiger partial charge in [0.15, 0.2) is 5.03 Å². The van der Waals surface area contributed by atoms with Crippen LogP contribution in [0, 0.1) is 11.8 Å². The standard InChI is InChI=1S/C30H47N5O6S/c1-21-15-35(22(2)19-36)30(37)26-14-25(32-42(38,39)29-18-34(5)20-31-29)11-12-27(26)41-23(3)8-6-7-13-40-28(21)17-33(4)16-24-9-10-24/h11-12,14,18,20-24,28,32,36H,6-10,13,15-17,19H2,1-5H3/t21-,22+,23+,28+/m1/s1. The molecule has 0 spiro atoms. The Bertz CT molecular complexity index is 1300. The Labute approximate surface area is 250 Å². The van der Waals surface area contributed by atoms with Crippen LogP contribution < -0.4 is 9.46 Å². The summed E-state index contributed by atoms with van der Waals surface area (Å²) in [5.74, 6) is 0.789. The fourth-order valence-corrected chi connectivity index (χ4v) is 6.34. The van der Waals surface area contributed by atoms with Gasteiger partial charge in [0.05, 0.1) is 36.7 Å². The van der Waals surface area contributed by atoms with E-state index < -0.39 is 16.1 Å². The fraction of sp³-hybridized carbons (Fsp3) is 0.667. The summed E-state index contributed by atoms with van der Waals surface area (Å²) in [5, 5.41) is 10.0. The van der Waals surface area contributed by atoms with Crippen LogP contribution in [0.15, 0.2) is 35.7 Å². The van der Waals surface area contributed by atoms with Crippen LogP contribution >= 0.6 is 0 Å². The summed E-state index contributed by atoms with van der Waals surface area (Å²) in [4.78, 5) is 22.2. The van der Waals surface area contributed by atoms with Crippen molar-refractivity contribution in [2.24, 2.45) is 18.9 Å². The Hall–Kier alpha value is -2.67. The SMILES string of the molecule is C[C@@H]1CN([C@@H](C)CO)C(=O)c2cc(NS(=O)(=O)c3cn(C)cn3)ccc2O[C@@H](C)CCCCO[C@H]1CN(C)CC1CC1. The molecule has 2 aromatic rings. The van der Waals surface area contributed by atoms with E-state index in [2.05, 4.69) is 28.6 Å². The minimum Gasteiger partial charge on any atom is -0.490 e. The lowest BCUT2D eigenvalue weighted by atomic mass is 10.0. The minimum atomic E-state index is -3.97. The van der Waals surface area contributed by atoms with Crippen LogP contribution in [0.1, 0.15) is 63.2 Å². The number of carbonyl (C=O) groups is 1. The summed E-state index contributed by atoms with van der Waals surface area (Å²) in [5.41, 5.74) is 0.452. The Morgan fingerprint density at radius 2 is 1.95 bits per heavy atom. The number of imidazole rings is 1. The smallest absolute Gasteiger partial charge is 0.280 e. The normalized spacial score (nSPS) is 23.6. The predicted octanol–water partition coefficient (Wildman–Crippen LogP) is 3.36. The zero-order chi connectivity index (χ0) is 30.4. The number of aliphatic hydroxyl groups is 1. The molecule has 11 nitrogen and oxygen atoms in total. The van der Waals surface area contributed by atoms with Crippen molar-refractivity contribution in [3.8, 4) is 5.75 Å². The van der Waals surface area contributed by atoms with Crippen LogP contribution in [0.3, 0.4) is 0 Å². The largest absolute Gasteiger partial charge is 0.490 e. The number of aromatic nitrogens is 2. The van der Waals surface area contributed by atoms with E-state index >= 15 is 0 Å². The molecule has 2 N–H and O–H groups in total. The quantitative estimate of drug-likeness (QED) is 0.446. The van der Waals surface area contributed by atoms with Gasteiger partial charge in [-0.05, 0) is 77.1 Å². The van der Waals surface area contributed by atoms with Gasteiger partial charge in [0.25, 0.3) is 15.9 Å². The fourth-order valence-electron chi connectivity index (χ4n) is 5.31. The molecule has 0 unspecified atom stereocenters. The highest BCUT2D eigenvalue weighted by Gasteiger charge is 2.31. The third-order valence-corrected chi connectivity index (χ3v) is 9.28. The number of rotatable bonds is 9. The van der Waals surface area contributed by atoms with Crippen LogP contribution in [-0.2, 0) is 21.8 Å². The third-order valence-electron chi connectivity index (χ3n) is 8.02. The van der Waals surface area contributed by atoms with Gasteiger partial charge in [-0.2, -0.15) is 8.42 Å². The van der Waals surface area contributed by atoms with Crippen LogP contribution in [0.5, 0.6) is 5.75 Å². The molecule has 4 rings (SSSR count). The lowest BCUT2D eigenvalue weighted by molar-refractivity contribution is -0.0172. The number of nitrogens with zero attached hydrogens (tertiary/aromatic N) is 4. The molecule has 2 aliphatic rings. The average Bonchev–Trinajstić information content (AvgIpc) is 3.64. The van der Waals surface area contributed by atoms with Gasteiger partial charge in [-0.3, -0.25) is 9.52 Å². The number of anilines is 1. The molecule has 1 saturated carbocycles. The number of nitrogens with one attached hydrogen (secondary N) is 1. The van der Waals surface area contributed by atoms with Crippen molar-refractivity contribution in [2.45, 2.75) is 76.2 Å². The molecule has 1 aromatic carbocycles. The molecule has 2 heterocycles. The molecule has 1 aliphatic heterocycles. The van der Waals surface area contributed by atoms with Gasteiger partial charge in [0.1, 0.15) is 5.75 Å². The van der Waals surface area contributed by atoms with E-state index in [1.165, 1.54) is 31.4 Å². The first kappa shape index (κ1) is 32.2. The minimum absolute atomic E-state index is 0.0123. The highest BCUT2D eigenvalue weighted by molar-refractivity contribution is 7.92. The van der Waals surface area contributed by atoms with E-state index in [-0.39, 0.29) is 46.9 Å². The molecule has 1 fully saturated rings. The highest BCUT2D eigenvalue weighted by Crippen LogP contribution is 2.31. The molecular weight excluding hydrogens is 558 g/mol. The van der Waals surface area contributed by atoms with E-state index in [4.69, 9.17) is 9.47 Å². The zero-order valence-corrected chi connectivity index (χ0v) is 26.3. The number of aliphatic hydroxyl groups excluding tert-OH is 1. The first-order valence-corrected chi connectivity index (χ1v) is 16.5. The summed E-state index contributed by atoms with van der Waals surface area (Å²) in [6.07, 6.45) is 7.73. The molecule has 234 valence electrons. The number of benzene rings is 1. The second-order valence-electron chi connectivity index (χ2n) is 12.2. The van der Waals surface area contributed by atoms with Gasteiger partial charge >= 0.3 is 0 Å². The Morgan fingerprint density at radius 1 is 1.19 bits per heavy atom. The maximum atomic E-state index is 14.2. The molecular formula is C30H47N5O6S. The van der Waals surface area contributed by atoms with Gasteiger partial charge in [-0.25, -0.2) is 4.98 Å². The number of fused-ring (bicyclic) bond motifs is 1. The van der Waals surface area contributed by atoms with Crippen molar-refractivity contribution in [1.82, 2.24) is 19.4 Å². The number of ether oxygens (including phenoxy) is 2. The van der Waals surface area contributed by atoms with Crippen molar-refractivity contribution in [3.05, 3.63) is 36.3 Å². The molecule has 12 heteroatoms. The van der Waals surface area contributed by atoms with E-state index in [0.717, 1.165) is 38.3 Å². The van der Waals surface area contributed by atoms with Crippen LogP contribution in [-0.4, -0.2) is 96.9 Å². The number of hydrogen-bond acceptors (Lipinski definition) is 8. The number of carbonyl (C=O) groups excluding carboxylic acids is 1. The van der Waals surface area contributed by atoms with Crippen molar-refractivity contribution in [3.63, 3.8) is 0 Å². The number of sulfonamides is 1. The molecule has 1 aliphatic carbocycles. The van der Waals surface area contributed by atoms with Crippen molar-refractivity contribution in [1.29, 1.82) is 0 Å². The summed E-state index contributed by atoms with van der Waals surface area (Å²) in [6.45, 7) is 8.45. The second kappa shape index (κ2) is 14.2. The highest BCUT2D eigenvalue weighted by atomic mass is 32.2. The number of hydrogen-bond donors (Lipinski definition) is 2. The van der Waals surface area contributed by atoms with Crippen molar-refractivity contribution >= 4 is 21.6 Å². The van der Waals surface area contributed by atoms with Gasteiger partial charge < -0.3 is 28.9 Å². The maximum Gasteiger partial charge on any atom is 0.280 e. The lowest BCUT2D eigenvalue weighted by Gasteiger charge is -2.36. The Kier molecular flexibility index (Phi) is 10.9. The number of likely N-dealkylation sites (N-methyl/N-ethyl adjacent to an activating group) is 1. The van der Waals surface area contributed by atoms with Gasteiger partial charge in [0.2, 0.25) is 0 Å². The lowest BCUT2D eigenvalue weighted by Crippen LogP contribution is -2.47. The van der Waals surface area contributed by atoms with E-state index in [9.17, 15) is 18.3 Å². The molecule has 0 bridgehead atoms. The van der Waals surface area contributed by atoms with Gasteiger partial charge in [0, 0.05) is 51.1 Å². The summed E-state index contributed by atoms with van der Waals surface area (Å²) >= 11 is 0. The third kappa shape index (κ3) is 8.68. The topological polar surface area (TPSA) is 126 Å². The van der Waals surface area contributed by atoms with Gasteiger partial charge in [-0.15, -0.1) is 0 Å². The average molecular weight is 606 g/mol. The van der Waals surface area contributed by atoms with Crippen molar-refractivity contribution in [2.75, 3.05) is 44.6 Å². The summed E-state index contributed by atoms with van der Waals surface area (Å²) < 4.78 is 42.7. The summed E-state index contributed by atoms with van der Waals surface area (Å²) in [7, 11) is -0.156. The Balaban J connectivity index is 1.65. The first-order valence-electron chi connectivity index (χ1n) is 15.0. The van der Waals surface area contributed by atoms with E-state index in [0.29, 0.717) is 18.9 Å². The maximum absolute atomic E-state index is 14.2. The van der Waals surface area contributed by atoms with Gasteiger partial charge in [-0.1, -0.05) is 6.92 Å². The Morgan fingerprint density at radius 3 is 2.62 bits per heavy atom. The second-order valence-corrected chi connectivity index (χ2v) is 13.8. The van der Waals surface area contributed by atoms with E-state index in [1.54, 1.807) is 35.6 Å². The molecule has 4 atom stereocenters. The van der Waals surface area contributed by atoms with E-state index in [1.807, 2.05) is 6.92 Å². The molecule has 0 radical (unpaired) electrons. The summed E-state index contributed by atoms with van der Waals surface area (Å²) in [6, 6.07) is 4.26. The predicted molar refractivity (Wildman–Crippen MR) is 161 cm³/mol. The molecule has 1 amide bonds. The number of amides is 1. The van der Waals surface area contributed by atoms with Crippen LogP contribution in [0.2, 0.25) is 0 Å². The van der Waals surface area contributed by atoms with Crippen molar-refractivity contribution < 1.29 is 27.8 Å². The molecule has 1 aromatic heterocycles.